The molecule has 0 radical (unpaired) electrons. The van der Waals surface area contributed by atoms with Crippen LogP contribution in [-0.2, 0) is 16.1 Å². The third kappa shape index (κ3) is 6.56. The molecule has 11 heteroatoms. The summed E-state index contributed by atoms with van der Waals surface area (Å²) in [5, 5.41) is 13.7. The van der Waals surface area contributed by atoms with E-state index in [4.69, 9.17) is 21.1 Å². The highest BCUT2D eigenvalue weighted by Gasteiger charge is 2.14. The maximum atomic E-state index is 12.2. The first-order chi connectivity index (χ1) is 15.9. The minimum atomic E-state index is -0.446. The van der Waals surface area contributed by atoms with Gasteiger partial charge in [0.15, 0.2) is 22.5 Å². The molecule has 0 aliphatic rings. The Morgan fingerprint density at radius 1 is 1.18 bits per heavy atom. The lowest BCUT2D eigenvalue weighted by atomic mass is 10.2. The van der Waals surface area contributed by atoms with Gasteiger partial charge < -0.3 is 14.0 Å². The molecule has 0 atom stereocenters. The largest absolute Gasteiger partial charge is 0.493 e. The fourth-order valence-corrected chi connectivity index (χ4v) is 3.76. The predicted molar refractivity (Wildman–Crippen MR) is 127 cm³/mol. The van der Waals surface area contributed by atoms with Crippen LogP contribution >= 0.6 is 23.4 Å². The Hall–Kier alpha value is -3.37. The fraction of sp³-hybridized carbons (Fsp3) is 0.227. The lowest BCUT2D eigenvalue weighted by Gasteiger charge is -2.08. The van der Waals surface area contributed by atoms with Crippen molar-refractivity contribution >= 4 is 41.5 Å². The van der Waals surface area contributed by atoms with Gasteiger partial charge in [-0.15, -0.1) is 10.2 Å². The van der Waals surface area contributed by atoms with Crippen LogP contribution in [0.5, 0.6) is 11.5 Å². The molecule has 0 bridgehead atoms. The van der Waals surface area contributed by atoms with Crippen molar-refractivity contribution in [1.82, 2.24) is 20.2 Å². The van der Waals surface area contributed by atoms with E-state index < -0.39 is 5.97 Å². The Morgan fingerprint density at radius 3 is 2.61 bits per heavy atom. The monoisotopic (exact) mass is 487 g/mol. The zero-order valence-corrected chi connectivity index (χ0v) is 19.8. The number of hydrogen-bond donors (Lipinski definition) is 1. The average molecular weight is 488 g/mol. The summed E-state index contributed by atoms with van der Waals surface area (Å²) in [4.78, 5) is 23.4. The average Bonchev–Trinajstić information content (AvgIpc) is 3.21. The zero-order valence-electron chi connectivity index (χ0n) is 18.2. The van der Waals surface area contributed by atoms with Crippen molar-refractivity contribution in [1.29, 1.82) is 0 Å². The van der Waals surface area contributed by atoms with E-state index in [0.717, 1.165) is 5.56 Å². The lowest BCUT2D eigenvalue weighted by Crippen LogP contribution is -2.20. The summed E-state index contributed by atoms with van der Waals surface area (Å²) >= 11 is 7.22. The normalized spacial score (nSPS) is 10.9. The van der Waals surface area contributed by atoms with E-state index in [-0.39, 0.29) is 11.7 Å². The molecule has 1 aromatic heterocycles. The van der Waals surface area contributed by atoms with Crippen LogP contribution in [0.25, 0.3) is 11.4 Å². The van der Waals surface area contributed by atoms with Gasteiger partial charge in [0.2, 0.25) is 0 Å². The van der Waals surface area contributed by atoms with Crippen LogP contribution in [0.15, 0.2) is 52.7 Å². The van der Waals surface area contributed by atoms with E-state index in [1.807, 2.05) is 23.6 Å². The lowest BCUT2D eigenvalue weighted by molar-refractivity contribution is -0.132. The molecule has 0 fully saturated rings. The smallest absolute Gasteiger partial charge is 0.308 e. The number of hydrogen-bond acceptors (Lipinski definition) is 8. The fourth-order valence-electron chi connectivity index (χ4n) is 2.84. The molecule has 33 heavy (non-hydrogen) atoms. The van der Waals surface area contributed by atoms with Crippen molar-refractivity contribution in [2.45, 2.75) is 25.5 Å². The van der Waals surface area contributed by atoms with Crippen LogP contribution in [0, 0.1) is 0 Å². The molecule has 0 spiro atoms. The molecule has 0 aliphatic carbocycles. The molecule has 1 N–H and O–H groups in total. The Kier molecular flexibility index (Phi) is 8.45. The van der Waals surface area contributed by atoms with E-state index in [2.05, 4.69) is 20.7 Å². The van der Waals surface area contributed by atoms with Gasteiger partial charge in [-0.05, 0) is 55.0 Å². The summed E-state index contributed by atoms with van der Waals surface area (Å²) in [6.07, 6.45) is 1.47. The number of carbonyl (C=O) groups excluding carboxylic acids is 2. The van der Waals surface area contributed by atoms with E-state index >= 15 is 0 Å². The van der Waals surface area contributed by atoms with Crippen molar-refractivity contribution in [2.24, 2.45) is 5.10 Å². The van der Waals surface area contributed by atoms with Crippen molar-refractivity contribution in [2.75, 3.05) is 12.9 Å². The summed E-state index contributed by atoms with van der Waals surface area (Å²) in [7, 11) is 1.47. The Morgan fingerprint density at radius 2 is 1.94 bits per heavy atom. The molecule has 0 unspecified atom stereocenters. The summed E-state index contributed by atoms with van der Waals surface area (Å²) in [6, 6.07) is 12.3. The summed E-state index contributed by atoms with van der Waals surface area (Å²) < 4.78 is 12.2. The van der Waals surface area contributed by atoms with Gasteiger partial charge in [0.05, 0.1) is 19.1 Å². The summed E-state index contributed by atoms with van der Waals surface area (Å²) in [6.45, 7) is 3.94. The number of aromatic nitrogens is 3. The van der Waals surface area contributed by atoms with Gasteiger partial charge in [0, 0.05) is 24.1 Å². The van der Waals surface area contributed by atoms with E-state index in [1.54, 1.807) is 30.3 Å². The standard InChI is InChI=1S/C22H22ClN5O4S/c1-4-28-21(16-6-8-17(23)9-7-16)26-27-22(28)33-13-20(30)25-24-12-15-5-10-18(32-14(2)29)19(11-15)31-3/h5-12H,4,13H2,1-3H3,(H,25,30)/b24-12+. The number of amides is 1. The Balaban J connectivity index is 1.58. The van der Waals surface area contributed by atoms with Crippen LogP contribution in [0.3, 0.4) is 0 Å². The number of thioether (sulfide) groups is 1. The molecule has 3 aromatic rings. The highest BCUT2D eigenvalue weighted by atomic mass is 35.5. The number of benzene rings is 2. The van der Waals surface area contributed by atoms with Gasteiger partial charge in [-0.1, -0.05) is 23.4 Å². The molecule has 0 saturated carbocycles. The Bertz CT molecular complexity index is 1160. The van der Waals surface area contributed by atoms with Gasteiger partial charge in [0.1, 0.15) is 0 Å². The molecular weight excluding hydrogens is 466 g/mol. The number of carbonyl (C=O) groups is 2. The first-order valence-corrected chi connectivity index (χ1v) is 11.3. The van der Waals surface area contributed by atoms with Crippen LogP contribution < -0.4 is 14.9 Å². The topological polar surface area (TPSA) is 108 Å². The molecule has 2 aromatic carbocycles. The maximum absolute atomic E-state index is 12.2. The van der Waals surface area contributed by atoms with Gasteiger partial charge in [0.25, 0.3) is 5.91 Å². The maximum Gasteiger partial charge on any atom is 0.308 e. The number of esters is 1. The molecule has 172 valence electrons. The number of methoxy groups -OCH3 is 1. The molecule has 3 rings (SSSR count). The second kappa shape index (κ2) is 11.5. The van der Waals surface area contributed by atoms with Crippen molar-refractivity contribution in [3.63, 3.8) is 0 Å². The van der Waals surface area contributed by atoms with Crippen LogP contribution in [0.4, 0.5) is 0 Å². The number of hydrazone groups is 1. The molecule has 1 heterocycles. The highest BCUT2D eigenvalue weighted by molar-refractivity contribution is 7.99. The quantitative estimate of drug-likeness (QED) is 0.161. The van der Waals surface area contributed by atoms with Crippen molar-refractivity contribution < 1.29 is 19.1 Å². The number of ether oxygens (including phenoxy) is 2. The summed E-state index contributed by atoms with van der Waals surface area (Å²) in [5.74, 6) is 0.774. The molecule has 9 nitrogen and oxygen atoms in total. The number of rotatable bonds is 9. The SMILES string of the molecule is CCn1c(SCC(=O)N/N=C/c2ccc(OC(C)=O)c(OC)c2)nnc1-c1ccc(Cl)cc1. The molecule has 0 saturated heterocycles. The van der Waals surface area contributed by atoms with Crippen LogP contribution in [0.1, 0.15) is 19.4 Å². The second-order valence-corrected chi connectivity index (χ2v) is 8.02. The third-order valence-corrected chi connectivity index (χ3v) is 5.53. The second-order valence-electron chi connectivity index (χ2n) is 6.64. The first-order valence-electron chi connectivity index (χ1n) is 9.91. The first kappa shape index (κ1) is 24.3. The van der Waals surface area contributed by atoms with Gasteiger partial charge in [-0.25, -0.2) is 5.43 Å². The summed E-state index contributed by atoms with van der Waals surface area (Å²) in [5.41, 5.74) is 4.03. The Labute approximate surface area is 200 Å². The predicted octanol–water partition coefficient (Wildman–Crippen LogP) is 3.79. The van der Waals surface area contributed by atoms with E-state index in [9.17, 15) is 9.59 Å². The van der Waals surface area contributed by atoms with Crippen molar-refractivity contribution in [3.8, 4) is 22.9 Å². The molecule has 0 aliphatic heterocycles. The van der Waals surface area contributed by atoms with E-state index in [0.29, 0.717) is 39.6 Å². The zero-order chi connectivity index (χ0) is 23.8. The van der Waals surface area contributed by atoms with E-state index in [1.165, 1.54) is 32.0 Å². The van der Waals surface area contributed by atoms with Gasteiger partial charge in [-0.3, -0.25) is 9.59 Å². The van der Waals surface area contributed by atoms with Crippen LogP contribution in [0.2, 0.25) is 5.02 Å². The molecular formula is C22H22ClN5O4S. The van der Waals surface area contributed by atoms with Crippen molar-refractivity contribution in [3.05, 3.63) is 53.1 Å². The minimum absolute atomic E-state index is 0.116. The molecule has 1 amide bonds. The number of halogens is 1. The number of nitrogens with zero attached hydrogens (tertiary/aromatic N) is 4. The van der Waals surface area contributed by atoms with Gasteiger partial charge >= 0.3 is 5.97 Å². The third-order valence-electron chi connectivity index (χ3n) is 4.31. The number of nitrogens with one attached hydrogen (secondary N) is 1. The van der Waals surface area contributed by atoms with Crippen LogP contribution in [-0.4, -0.2) is 45.7 Å². The minimum Gasteiger partial charge on any atom is -0.493 e. The van der Waals surface area contributed by atoms with Gasteiger partial charge in [-0.2, -0.15) is 5.10 Å². The highest BCUT2D eigenvalue weighted by Crippen LogP contribution is 2.28.